The van der Waals surface area contributed by atoms with Crippen LogP contribution in [0.3, 0.4) is 0 Å². The molecule has 5 aromatic heterocycles. The Balaban J connectivity index is 0.623. The number of rotatable bonds is 18. The Labute approximate surface area is 457 Å². The van der Waals surface area contributed by atoms with Crippen molar-refractivity contribution >= 4 is 46.4 Å². The molecular formula is C59H65N11O7S. The van der Waals surface area contributed by atoms with E-state index in [1.807, 2.05) is 100 Å². The van der Waals surface area contributed by atoms with E-state index in [0.29, 0.717) is 35.3 Å². The monoisotopic (exact) mass is 1070 g/mol. The number of carbonyl (C=O) groups excluding carboxylic acids is 2. The van der Waals surface area contributed by atoms with Crippen LogP contribution in [0.4, 0.5) is 17.2 Å². The molecule has 8 heterocycles. The Morgan fingerprint density at radius 1 is 0.885 bits per heavy atom. The zero-order valence-electron chi connectivity index (χ0n) is 44.4. The second-order valence-corrected chi connectivity index (χ2v) is 22.1. The van der Waals surface area contributed by atoms with Gasteiger partial charge in [0.2, 0.25) is 17.7 Å². The number of thiazole rings is 1. The molecule has 3 unspecified atom stereocenters. The predicted octanol–water partition coefficient (Wildman–Crippen LogP) is 8.76. The lowest BCUT2D eigenvalue weighted by molar-refractivity contribution is -0.141. The van der Waals surface area contributed by atoms with Crippen molar-refractivity contribution in [2.24, 2.45) is 5.92 Å². The number of β-amino-alcohol motifs (C(OH)–C–C–N with tert-alkyl or cyclic N) is 1. The first-order valence-corrected chi connectivity index (χ1v) is 27.7. The van der Waals surface area contributed by atoms with E-state index in [2.05, 4.69) is 82.7 Å². The molecule has 19 heteroatoms. The zero-order valence-corrected chi connectivity index (χ0v) is 45.3. The van der Waals surface area contributed by atoms with E-state index in [-0.39, 0.29) is 61.4 Å². The van der Waals surface area contributed by atoms with Crippen LogP contribution in [0, 0.1) is 19.8 Å². The maximum absolute atomic E-state index is 14.2. The molecule has 3 aliphatic heterocycles. The summed E-state index contributed by atoms with van der Waals surface area (Å²) in [6, 6.07) is 27.3. The number of nitrogen functional groups attached to an aromatic ring is 1. The largest absolute Gasteiger partial charge is 0.489 e. The number of carbonyl (C=O) groups is 2. The number of fused-ring (bicyclic) bond motifs is 2. The van der Waals surface area contributed by atoms with Crippen LogP contribution < -0.4 is 35.1 Å². The maximum atomic E-state index is 14.2. The van der Waals surface area contributed by atoms with Crippen molar-refractivity contribution in [3.05, 3.63) is 137 Å². The number of aryl methyl sites for hydroxylation is 2. The van der Waals surface area contributed by atoms with Crippen LogP contribution in [0.25, 0.3) is 27.8 Å². The number of hydrogen-bond acceptors (Lipinski definition) is 17. The summed E-state index contributed by atoms with van der Waals surface area (Å²) in [5.74, 6) is 0.678. The molecule has 7 aromatic rings. The number of amides is 2. The second-order valence-electron chi connectivity index (χ2n) is 21.3. The number of benzene rings is 2. The number of aliphatic hydroxyl groups excluding tert-OH is 1. The summed E-state index contributed by atoms with van der Waals surface area (Å²) >= 11 is 1.59. The molecule has 0 radical (unpaired) electrons. The van der Waals surface area contributed by atoms with Gasteiger partial charge in [-0.05, 0) is 97.8 Å². The summed E-state index contributed by atoms with van der Waals surface area (Å²) in [5.41, 5.74) is 17.0. The fourth-order valence-corrected chi connectivity index (χ4v) is 12.1. The first-order valence-electron chi connectivity index (χ1n) is 26.8. The number of nitrogens with two attached hydrogens (primary N) is 1. The van der Waals surface area contributed by atoms with E-state index in [4.69, 9.17) is 24.5 Å². The van der Waals surface area contributed by atoms with Gasteiger partial charge in [-0.2, -0.15) is 0 Å². The molecule has 78 heavy (non-hydrogen) atoms. The molecule has 2 aromatic carbocycles. The molecule has 2 bridgehead atoms. The number of hydrogen-bond donors (Lipinski definition) is 3. The lowest BCUT2D eigenvalue weighted by Crippen LogP contribution is -2.54. The van der Waals surface area contributed by atoms with Crippen molar-refractivity contribution in [2.45, 2.75) is 115 Å². The third-order valence-electron chi connectivity index (χ3n) is 15.5. The number of nitrogens with zero attached hydrogens (tertiary/aromatic N) is 9. The van der Waals surface area contributed by atoms with Gasteiger partial charge in [0.15, 0.2) is 11.6 Å². The van der Waals surface area contributed by atoms with Crippen molar-refractivity contribution < 1.29 is 33.4 Å². The van der Waals surface area contributed by atoms with Crippen molar-refractivity contribution in [3.63, 3.8) is 0 Å². The van der Waals surface area contributed by atoms with Gasteiger partial charge in [-0.15, -0.1) is 21.5 Å². The summed E-state index contributed by atoms with van der Waals surface area (Å²) in [6.45, 7) is 11.7. The van der Waals surface area contributed by atoms with Crippen molar-refractivity contribution in [2.75, 3.05) is 41.8 Å². The van der Waals surface area contributed by atoms with Crippen LogP contribution in [0.1, 0.15) is 93.1 Å². The van der Waals surface area contributed by atoms with Crippen molar-refractivity contribution in [3.8, 4) is 39.2 Å². The average molecular weight is 1070 g/mol. The van der Waals surface area contributed by atoms with Gasteiger partial charge in [0.05, 0.1) is 51.5 Å². The van der Waals surface area contributed by atoms with Crippen LogP contribution in [0.15, 0.2) is 113 Å². The number of likely N-dealkylation sites (tertiary alicyclic amines) is 1. The molecule has 4 N–H and O–H groups in total. The number of ether oxygens (including phenoxy) is 3. The van der Waals surface area contributed by atoms with Crippen LogP contribution in [-0.4, -0.2) is 115 Å². The quantitative estimate of drug-likeness (QED) is 0.0731. The standard InChI is InChI=1S/C59H65N11O7S/c1-34(2)55(59(73)69-32-44(71)24-51(69)58(72)64-36(4)38-12-14-39(15-13-38)56-37(5)63-33-78-56)52-28-54(67-77-52)74-22-8-10-40-16-19-45(29-62-40)75-46-25-47(26-46)76-53-23-41(20-21-61-53)70-42-17-18-43(70)31-68(30-42)50-27-49(65-66-57(50)60)48-11-7-6-9-35(48)3/h6-16,19-21,23,27-29,33-34,36,42-44,46-47,51,55,71H,17-18,22,24-26,30-32H2,1-5H3,(H2,60,66)(H,64,72)/b10-8+/t36-,42?,43?,44+,46?,47?,51-,55?/m0/s1. The normalized spacial score (nSPS) is 21.7. The maximum Gasteiger partial charge on any atom is 0.254 e. The number of piperazine rings is 1. The van der Waals surface area contributed by atoms with E-state index < -0.39 is 18.1 Å². The van der Waals surface area contributed by atoms with Crippen LogP contribution >= 0.6 is 11.3 Å². The second kappa shape index (κ2) is 22.6. The highest BCUT2D eigenvalue weighted by atomic mass is 32.1. The highest BCUT2D eigenvalue weighted by Gasteiger charge is 2.44. The Kier molecular flexibility index (Phi) is 15.1. The first-order chi connectivity index (χ1) is 37.8. The molecule has 18 nitrogen and oxygen atoms in total. The van der Waals surface area contributed by atoms with Crippen molar-refractivity contribution in [1.29, 1.82) is 0 Å². The summed E-state index contributed by atoms with van der Waals surface area (Å²) in [5, 5.41) is 26.7. The lowest BCUT2D eigenvalue weighted by atomic mass is 9.91. The minimum atomic E-state index is -0.847. The highest BCUT2D eigenvalue weighted by molar-refractivity contribution is 7.13. The van der Waals surface area contributed by atoms with Gasteiger partial charge in [0.25, 0.3) is 5.88 Å². The average Bonchev–Trinajstić information content (AvgIpc) is 4.31. The molecule has 404 valence electrons. The Morgan fingerprint density at radius 2 is 1.67 bits per heavy atom. The molecule has 6 atom stereocenters. The third kappa shape index (κ3) is 11.2. The molecule has 1 aliphatic carbocycles. The topological polar surface area (TPSA) is 220 Å². The molecule has 0 spiro atoms. The Hall–Kier alpha value is -7.90. The molecule has 11 rings (SSSR count). The molecular weight excluding hydrogens is 1010 g/mol. The number of aliphatic hydroxyl groups is 1. The Morgan fingerprint density at radius 3 is 2.40 bits per heavy atom. The lowest BCUT2D eigenvalue weighted by Gasteiger charge is -2.43. The molecule has 3 saturated heterocycles. The molecule has 4 fully saturated rings. The fourth-order valence-electron chi connectivity index (χ4n) is 11.3. The van der Waals surface area contributed by atoms with E-state index in [1.54, 1.807) is 23.6 Å². The van der Waals surface area contributed by atoms with E-state index in [1.165, 1.54) is 4.90 Å². The SMILES string of the molecule is Cc1ccccc1-c1cc(N2CC3CCC(C2)N3c2ccnc(OC3CC(Oc4ccc(/C=C/COc5cc(C(C(=O)N6C[C@H](O)C[C@H]6C(=O)N[C@@H](C)c6ccc(-c7scnc7C)cc6)C(C)C)on5)nc4)C3)c2)c(N)nn1. The summed E-state index contributed by atoms with van der Waals surface area (Å²) < 4.78 is 24.2. The number of anilines is 3. The van der Waals surface area contributed by atoms with Crippen LogP contribution in [0.2, 0.25) is 0 Å². The molecule has 1 saturated carbocycles. The highest BCUT2D eigenvalue weighted by Crippen LogP contribution is 2.40. The minimum Gasteiger partial charge on any atom is -0.489 e. The zero-order chi connectivity index (χ0) is 54.0. The number of pyridine rings is 2. The van der Waals surface area contributed by atoms with Gasteiger partial charge in [0, 0.05) is 80.6 Å². The van der Waals surface area contributed by atoms with Gasteiger partial charge in [0.1, 0.15) is 36.5 Å². The van der Waals surface area contributed by atoms with Gasteiger partial charge in [-0.3, -0.25) is 14.6 Å². The Bertz CT molecular complexity index is 3260. The summed E-state index contributed by atoms with van der Waals surface area (Å²) in [6.07, 6.45) is 10.1. The van der Waals surface area contributed by atoms with E-state index in [0.717, 1.165) is 94.4 Å². The number of aromatic nitrogens is 6. The molecule has 2 amide bonds. The predicted molar refractivity (Wildman–Crippen MR) is 298 cm³/mol. The van der Waals surface area contributed by atoms with Gasteiger partial charge in [-0.1, -0.05) is 62.4 Å². The summed E-state index contributed by atoms with van der Waals surface area (Å²) in [7, 11) is 0. The van der Waals surface area contributed by atoms with Crippen LogP contribution in [-0.2, 0) is 9.59 Å². The third-order valence-corrected chi connectivity index (χ3v) is 16.4. The van der Waals surface area contributed by atoms with E-state index >= 15 is 0 Å². The minimum absolute atomic E-state index is 0.00210. The van der Waals surface area contributed by atoms with Gasteiger partial charge in [-0.25, -0.2) is 9.97 Å². The molecule has 4 aliphatic rings. The first kappa shape index (κ1) is 52.2. The van der Waals surface area contributed by atoms with Crippen molar-refractivity contribution in [1.82, 2.24) is 40.5 Å². The smallest absolute Gasteiger partial charge is 0.254 e. The van der Waals surface area contributed by atoms with E-state index in [9.17, 15) is 14.7 Å². The van der Waals surface area contributed by atoms with Crippen LogP contribution in [0.5, 0.6) is 17.5 Å². The number of nitrogens with one attached hydrogen (secondary N) is 1. The van der Waals surface area contributed by atoms with Gasteiger partial charge < -0.3 is 49.6 Å². The summed E-state index contributed by atoms with van der Waals surface area (Å²) in [4.78, 5) is 48.9. The fraction of sp³-hybridized carbons (Fsp3) is 0.390. The van der Waals surface area contributed by atoms with Gasteiger partial charge >= 0.3 is 0 Å².